The Morgan fingerprint density at radius 3 is 2.47 bits per heavy atom. The van der Waals surface area contributed by atoms with E-state index in [2.05, 4.69) is 4.74 Å². The van der Waals surface area contributed by atoms with E-state index in [0.29, 0.717) is 13.0 Å². The molecule has 1 aromatic carbocycles. The van der Waals surface area contributed by atoms with Gasteiger partial charge in [-0.1, -0.05) is 31.2 Å². The predicted molar refractivity (Wildman–Crippen MR) is 73.5 cm³/mol. The number of methoxy groups -OCH3 is 1. The number of hydrogen-bond acceptors (Lipinski definition) is 3. The number of aryl methyl sites for hydroxylation is 1. The van der Waals surface area contributed by atoms with E-state index in [1.54, 1.807) is 18.9 Å². The summed E-state index contributed by atoms with van der Waals surface area (Å²) in [6.45, 7) is 4.31. The van der Waals surface area contributed by atoms with Crippen molar-refractivity contribution in [3.8, 4) is 0 Å². The molecule has 104 valence electrons. The minimum absolute atomic E-state index is 0.197. The third-order valence-electron chi connectivity index (χ3n) is 3.24. The number of amides is 1. The molecule has 0 saturated carbocycles. The fourth-order valence-electron chi connectivity index (χ4n) is 1.97. The summed E-state index contributed by atoms with van der Waals surface area (Å²) in [5.41, 5.74) is 2.21. The highest BCUT2D eigenvalue weighted by molar-refractivity contribution is 5.97. The molecule has 0 spiro atoms. The Hall–Kier alpha value is -1.84. The molecule has 0 fully saturated rings. The van der Waals surface area contributed by atoms with E-state index in [1.165, 1.54) is 7.11 Å². The molecule has 0 heterocycles. The van der Waals surface area contributed by atoms with Crippen LogP contribution in [0.25, 0.3) is 0 Å². The standard InChI is InChI=1S/C15H21NO3/c1-5-13(15(18)19-4)14(17)16(3)10-12-9-7-6-8-11(12)2/h6-9,13H,5,10H2,1-4H3. The number of nitrogens with zero attached hydrogens (tertiary/aromatic N) is 1. The van der Waals surface area contributed by atoms with Crippen LogP contribution < -0.4 is 0 Å². The van der Waals surface area contributed by atoms with Gasteiger partial charge < -0.3 is 9.64 Å². The molecule has 0 radical (unpaired) electrons. The fraction of sp³-hybridized carbons (Fsp3) is 0.467. The molecule has 1 atom stereocenters. The lowest BCUT2D eigenvalue weighted by molar-refractivity contribution is -0.153. The largest absolute Gasteiger partial charge is 0.468 e. The lowest BCUT2D eigenvalue weighted by Gasteiger charge is -2.22. The van der Waals surface area contributed by atoms with Crippen molar-refractivity contribution < 1.29 is 14.3 Å². The molecule has 0 aromatic heterocycles. The zero-order valence-electron chi connectivity index (χ0n) is 12.0. The highest BCUT2D eigenvalue weighted by Crippen LogP contribution is 2.14. The molecule has 1 rings (SSSR count). The van der Waals surface area contributed by atoms with Crippen molar-refractivity contribution >= 4 is 11.9 Å². The quantitative estimate of drug-likeness (QED) is 0.604. The van der Waals surface area contributed by atoms with Crippen LogP contribution in [-0.4, -0.2) is 30.9 Å². The van der Waals surface area contributed by atoms with E-state index >= 15 is 0 Å². The minimum Gasteiger partial charge on any atom is -0.468 e. The van der Waals surface area contributed by atoms with Crippen molar-refractivity contribution in [1.82, 2.24) is 4.90 Å². The van der Waals surface area contributed by atoms with Crippen LogP contribution in [0.1, 0.15) is 24.5 Å². The lowest BCUT2D eigenvalue weighted by Crippen LogP contribution is -2.37. The van der Waals surface area contributed by atoms with E-state index in [4.69, 9.17) is 0 Å². The first-order valence-electron chi connectivity index (χ1n) is 6.38. The van der Waals surface area contributed by atoms with Gasteiger partial charge in [-0.05, 0) is 24.5 Å². The van der Waals surface area contributed by atoms with Gasteiger partial charge in [0.25, 0.3) is 0 Å². The SMILES string of the molecule is CCC(C(=O)OC)C(=O)N(C)Cc1ccccc1C. The van der Waals surface area contributed by atoms with Gasteiger partial charge in [0.2, 0.25) is 5.91 Å². The van der Waals surface area contributed by atoms with Crippen molar-refractivity contribution in [3.05, 3.63) is 35.4 Å². The smallest absolute Gasteiger partial charge is 0.318 e. The number of carbonyl (C=O) groups excluding carboxylic acids is 2. The zero-order valence-corrected chi connectivity index (χ0v) is 12.0. The fourth-order valence-corrected chi connectivity index (χ4v) is 1.97. The Morgan fingerprint density at radius 2 is 1.95 bits per heavy atom. The third kappa shape index (κ3) is 3.81. The van der Waals surface area contributed by atoms with Gasteiger partial charge in [0.05, 0.1) is 7.11 Å². The average Bonchev–Trinajstić information content (AvgIpc) is 2.41. The summed E-state index contributed by atoms with van der Waals surface area (Å²) in [5, 5.41) is 0. The molecule has 19 heavy (non-hydrogen) atoms. The highest BCUT2D eigenvalue weighted by atomic mass is 16.5. The van der Waals surface area contributed by atoms with E-state index < -0.39 is 11.9 Å². The van der Waals surface area contributed by atoms with Crippen molar-refractivity contribution in [2.45, 2.75) is 26.8 Å². The van der Waals surface area contributed by atoms with E-state index in [1.807, 2.05) is 31.2 Å². The molecule has 0 aliphatic heterocycles. The van der Waals surface area contributed by atoms with Crippen LogP contribution in [0.3, 0.4) is 0 Å². The van der Waals surface area contributed by atoms with Crippen molar-refractivity contribution in [1.29, 1.82) is 0 Å². The summed E-state index contributed by atoms with van der Waals surface area (Å²) in [6.07, 6.45) is 0.448. The van der Waals surface area contributed by atoms with Crippen LogP contribution in [0, 0.1) is 12.8 Å². The maximum Gasteiger partial charge on any atom is 0.318 e. The third-order valence-corrected chi connectivity index (χ3v) is 3.24. The second-order valence-electron chi connectivity index (χ2n) is 4.60. The van der Waals surface area contributed by atoms with E-state index in [0.717, 1.165) is 11.1 Å². The topological polar surface area (TPSA) is 46.6 Å². The molecular weight excluding hydrogens is 242 g/mol. The number of benzene rings is 1. The van der Waals surface area contributed by atoms with Gasteiger partial charge in [-0.15, -0.1) is 0 Å². The maximum atomic E-state index is 12.2. The molecule has 0 aliphatic carbocycles. The normalized spacial score (nSPS) is 11.8. The summed E-state index contributed by atoms with van der Waals surface area (Å²) in [6, 6.07) is 7.89. The van der Waals surface area contributed by atoms with Crippen LogP contribution in [-0.2, 0) is 20.9 Å². The molecule has 0 N–H and O–H groups in total. The van der Waals surface area contributed by atoms with Gasteiger partial charge in [0, 0.05) is 13.6 Å². The number of hydrogen-bond donors (Lipinski definition) is 0. The predicted octanol–water partition coefficient (Wildman–Crippen LogP) is 2.15. The first kappa shape index (κ1) is 15.2. The minimum atomic E-state index is -0.709. The van der Waals surface area contributed by atoms with Crippen LogP contribution >= 0.6 is 0 Å². The molecular formula is C15H21NO3. The first-order chi connectivity index (χ1) is 9.01. The molecule has 0 saturated heterocycles. The average molecular weight is 263 g/mol. The molecule has 0 bridgehead atoms. The first-order valence-corrected chi connectivity index (χ1v) is 6.38. The summed E-state index contributed by atoms with van der Waals surface area (Å²) in [4.78, 5) is 25.3. The van der Waals surface area contributed by atoms with Crippen LogP contribution in [0.15, 0.2) is 24.3 Å². The van der Waals surface area contributed by atoms with Gasteiger partial charge in [-0.2, -0.15) is 0 Å². The highest BCUT2D eigenvalue weighted by Gasteiger charge is 2.28. The van der Waals surface area contributed by atoms with Gasteiger partial charge >= 0.3 is 5.97 Å². The molecule has 1 aromatic rings. The second kappa shape index (κ2) is 6.92. The number of ether oxygens (including phenoxy) is 1. The van der Waals surface area contributed by atoms with E-state index in [9.17, 15) is 9.59 Å². The van der Waals surface area contributed by atoms with Crippen LogP contribution in [0.5, 0.6) is 0 Å². The second-order valence-corrected chi connectivity index (χ2v) is 4.60. The van der Waals surface area contributed by atoms with Gasteiger partial charge in [0.1, 0.15) is 5.92 Å². The molecule has 4 heteroatoms. The number of rotatable bonds is 5. The monoisotopic (exact) mass is 263 g/mol. The molecule has 1 amide bonds. The molecule has 0 aliphatic rings. The number of carbonyl (C=O) groups is 2. The van der Waals surface area contributed by atoms with Gasteiger partial charge in [-0.25, -0.2) is 0 Å². The Morgan fingerprint density at radius 1 is 1.32 bits per heavy atom. The van der Waals surface area contributed by atoms with Crippen molar-refractivity contribution in [3.63, 3.8) is 0 Å². The van der Waals surface area contributed by atoms with Crippen molar-refractivity contribution in [2.24, 2.45) is 5.92 Å². The Bertz CT molecular complexity index is 456. The van der Waals surface area contributed by atoms with Crippen molar-refractivity contribution in [2.75, 3.05) is 14.2 Å². The molecule has 1 unspecified atom stereocenters. The number of esters is 1. The van der Waals surface area contributed by atoms with Crippen LogP contribution in [0.2, 0.25) is 0 Å². The summed E-state index contributed by atoms with van der Waals surface area (Å²) >= 11 is 0. The summed E-state index contributed by atoms with van der Waals surface area (Å²) in [7, 11) is 3.01. The van der Waals surface area contributed by atoms with Crippen LogP contribution in [0.4, 0.5) is 0 Å². The van der Waals surface area contributed by atoms with E-state index in [-0.39, 0.29) is 5.91 Å². The Labute approximate surface area is 114 Å². The summed E-state index contributed by atoms with van der Waals surface area (Å²) in [5.74, 6) is -1.37. The Balaban J connectivity index is 2.77. The molecule has 4 nitrogen and oxygen atoms in total. The Kier molecular flexibility index (Phi) is 5.55. The van der Waals surface area contributed by atoms with Gasteiger partial charge in [-0.3, -0.25) is 9.59 Å². The van der Waals surface area contributed by atoms with Gasteiger partial charge in [0.15, 0.2) is 0 Å². The maximum absolute atomic E-state index is 12.2. The summed E-state index contributed by atoms with van der Waals surface area (Å²) < 4.78 is 4.66. The zero-order chi connectivity index (χ0) is 14.4. The lowest BCUT2D eigenvalue weighted by atomic mass is 10.0.